The molecule has 1 unspecified atom stereocenters. The lowest BCUT2D eigenvalue weighted by Gasteiger charge is -2.12. The smallest absolute Gasteiger partial charge is 0.306 e. The van der Waals surface area contributed by atoms with Gasteiger partial charge in [0, 0.05) is 12.0 Å². The summed E-state index contributed by atoms with van der Waals surface area (Å²) >= 11 is 0. The zero-order valence-corrected chi connectivity index (χ0v) is 11.6. The van der Waals surface area contributed by atoms with Crippen LogP contribution in [0.2, 0.25) is 0 Å². The van der Waals surface area contributed by atoms with Crippen LogP contribution in [0.1, 0.15) is 62.7 Å². The molecule has 102 valence electrons. The van der Waals surface area contributed by atoms with Gasteiger partial charge in [-0.2, -0.15) is 0 Å². The Morgan fingerprint density at radius 3 is 2.79 bits per heavy atom. The number of hydrogen-bond acceptors (Lipinski definition) is 2. The molecule has 1 atom stereocenters. The summed E-state index contributed by atoms with van der Waals surface area (Å²) < 4.78 is 5.52. The van der Waals surface area contributed by atoms with Crippen LogP contribution in [0.4, 0.5) is 0 Å². The maximum Gasteiger partial charge on any atom is 0.306 e. The largest absolute Gasteiger partial charge is 0.453 e. The Morgan fingerprint density at radius 2 is 1.95 bits per heavy atom. The number of hydrogen-bond donors (Lipinski definition) is 0. The molecule has 2 heteroatoms. The van der Waals surface area contributed by atoms with Crippen LogP contribution in [0, 0.1) is 0 Å². The fourth-order valence-corrected chi connectivity index (χ4v) is 2.39. The van der Waals surface area contributed by atoms with Crippen molar-refractivity contribution in [1.29, 1.82) is 0 Å². The van der Waals surface area contributed by atoms with E-state index >= 15 is 0 Å². The molecule has 0 heterocycles. The zero-order chi connectivity index (χ0) is 13.5. The molecule has 0 aliphatic heterocycles. The summed E-state index contributed by atoms with van der Waals surface area (Å²) in [4.78, 5) is 11.8. The number of carbonyl (C=O) groups excluding carboxylic acids is 1. The minimum Gasteiger partial charge on any atom is -0.453 e. The molecule has 0 radical (unpaired) electrons. The van der Waals surface area contributed by atoms with E-state index in [1.807, 2.05) is 36.4 Å². The van der Waals surface area contributed by atoms with Gasteiger partial charge < -0.3 is 4.74 Å². The second kappa shape index (κ2) is 7.13. The summed E-state index contributed by atoms with van der Waals surface area (Å²) in [5, 5.41) is 0. The van der Waals surface area contributed by atoms with Gasteiger partial charge in [-0.15, -0.1) is 0 Å². The molecule has 2 rings (SSSR count). The maximum absolute atomic E-state index is 11.8. The summed E-state index contributed by atoms with van der Waals surface area (Å²) in [7, 11) is 0. The van der Waals surface area contributed by atoms with Crippen LogP contribution in [-0.4, -0.2) is 5.97 Å². The number of benzene rings is 1. The molecule has 2 nitrogen and oxygen atoms in total. The Balaban J connectivity index is 1.74. The van der Waals surface area contributed by atoms with Gasteiger partial charge in [0.25, 0.3) is 0 Å². The minimum absolute atomic E-state index is 0.0807. The standard InChI is InChI=1S/C17H22O2/c1-2-3-4-5-6-11-17(18)19-16-13-12-14-9-7-8-10-15(14)16/h7-10,12-13,16H,2-6,11H2,1H3. The molecule has 1 aromatic carbocycles. The maximum atomic E-state index is 11.8. The molecule has 1 aliphatic carbocycles. The molecule has 1 aromatic rings. The molecule has 0 saturated heterocycles. The zero-order valence-electron chi connectivity index (χ0n) is 11.6. The van der Waals surface area contributed by atoms with Crippen LogP contribution < -0.4 is 0 Å². The first-order valence-corrected chi connectivity index (χ1v) is 7.28. The molecule has 0 saturated carbocycles. The van der Waals surface area contributed by atoms with Crippen LogP contribution >= 0.6 is 0 Å². The van der Waals surface area contributed by atoms with Crippen molar-refractivity contribution < 1.29 is 9.53 Å². The summed E-state index contributed by atoms with van der Waals surface area (Å²) in [6, 6.07) is 8.05. The molecular weight excluding hydrogens is 236 g/mol. The van der Waals surface area contributed by atoms with Crippen molar-refractivity contribution in [2.45, 2.75) is 51.6 Å². The molecule has 19 heavy (non-hydrogen) atoms. The Morgan fingerprint density at radius 1 is 1.16 bits per heavy atom. The van der Waals surface area contributed by atoms with Crippen molar-refractivity contribution in [2.75, 3.05) is 0 Å². The van der Waals surface area contributed by atoms with Gasteiger partial charge in [0.05, 0.1) is 0 Å². The van der Waals surface area contributed by atoms with E-state index in [9.17, 15) is 4.79 Å². The highest BCUT2D eigenvalue weighted by Gasteiger charge is 2.20. The monoisotopic (exact) mass is 258 g/mol. The predicted octanol–water partition coefficient (Wildman–Crippen LogP) is 4.66. The van der Waals surface area contributed by atoms with Gasteiger partial charge in [0.1, 0.15) is 6.10 Å². The average molecular weight is 258 g/mol. The van der Waals surface area contributed by atoms with Crippen LogP contribution in [0.3, 0.4) is 0 Å². The van der Waals surface area contributed by atoms with E-state index in [0.29, 0.717) is 6.42 Å². The van der Waals surface area contributed by atoms with Crippen molar-refractivity contribution in [3.05, 3.63) is 41.5 Å². The van der Waals surface area contributed by atoms with Crippen molar-refractivity contribution in [2.24, 2.45) is 0 Å². The van der Waals surface area contributed by atoms with Gasteiger partial charge in [-0.1, -0.05) is 62.9 Å². The van der Waals surface area contributed by atoms with Gasteiger partial charge in [-0.3, -0.25) is 4.79 Å². The van der Waals surface area contributed by atoms with Crippen LogP contribution in [0.15, 0.2) is 30.3 Å². The van der Waals surface area contributed by atoms with E-state index < -0.39 is 0 Å². The molecule has 0 spiro atoms. The van der Waals surface area contributed by atoms with E-state index in [0.717, 1.165) is 24.0 Å². The Hall–Kier alpha value is -1.57. The third-order valence-corrected chi connectivity index (χ3v) is 3.50. The normalized spacial score (nSPS) is 16.4. The lowest BCUT2D eigenvalue weighted by atomic mass is 10.1. The van der Waals surface area contributed by atoms with E-state index in [1.54, 1.807) is 0 Å². The van der Waals surface area contributed by atoms with E-state index in [-0.39, 0.29) is 12.1 Å². The van der Waals surface area contributed by atoms with Crippen LogP contribution in [0.5, 0.6) is 0 Å². The SMILES string of the molecule is CCCCCCCC(=O)OC1C=Cc2ccccc21. The molecule has 0 bridgehead atoms. The second-order valence-corrected chi connectivity index (χ2v) is 5.06. The van der Waals surface area contributed by atoms with Gasteiger partial charge >= 0.3 is 5.97 Å². The number of carbonyl (C=O) groups is 1. The van der Waals surface area contributed by atoms with Crippen LogP contribution in [0.25, 0.3) is 6.08 Å². The number of rotatable bonds is 7. The van der Waals surface area contributed by atoms with E-state index in [2.05, 4.69) is 6.92 Å². The number of fused-ring (bicyclic) bond motifs is 1. The van der Waals surface area contributed by atoms with Crippen LogP contribution in [-0.2, 0) is 9.53 Å². The highest BCUT2D eigenvalue weighted by atomic mass is 16.5. The topological polar surface area (TPSA) is 26.3 Å². The molecule has 0 N–H and O–H groups in total. The van der Waals surface area contributed by atoms with E-state index in [1.165, 1.54) is 19.3 Å². The lowest BCUT2D eigenvalue weighted by Crippen LogP contribution is -2.08. The molecule has 0 aromatic heterocycles. The molecule has 0 fully saturated rings. The van der Waals surface area contributed by atoms with E-state index in [4.69, 9.17) is 4.74 Å². The fraction of sp³-hybridized carbons (Fsp3) is 0.471. The summed E-state index contributed by atoms with van der Waals surface area (Å²) in [5.74, 6) is -0.0807. The average Bonchev–Trinajstić information content (AvgIpc) is 2.82. The lowest BCUT2D eigenvalue weighted by molar-refractivity contribution is -0.147. The summed E-state index contributed by atoms with van der Waals surface area (Å²) in [5.41, 5.74) is 2.25. The highest BCUT2D eigenvalue weighted by Crippen LogP contribution is 2.30. The van der Waals surface area contributed by atoms with Crippen molar-refractivity contribution in [3.8, 4) is 0 Å². The Bertz CT molecular complexity index is 448. The van der Waals surface area contributed by atoms with Gasteiger partial charge in [-0.05, 0) is 18.1 Å². The molecule has 1 aliphatic rings. The third-order valence-electron chi connectivity index (χ3n) is 3.50. The Kier molecular flexibility index (Phi) is 5.20. The number of unbranched alkanes of at least 4 members (excludes halogenated alkanes) is 4. The minimum atomic E-state index is -0.181. The first-order valence-electron chi connectivity index (χ1n) is 7.28. The summed E-state index contributed by atoms with van der Waals surface area (Å²) in [6.07, 6.45) is 10.1. The quantitative estimate of drug-likeness (QED) is 0.525. The number of esters is 1. The van der Waals surface area contributed by atoms with Crippen molar-refractivity contribution >= 4 is 12.0 Å². The summed E-state index contributed by atoms with van der Waals surface area (Å²) in [6.45, 7) is 2.19. The van der Waals surface area contributed by atoms with Gasteiger partial charge in [0.15, 0.2) is 0 Å². The highest BCUT2D eigenvalue weighted by molar-refractivity contribution is 5.71. The van der Waals surface area contributed by atoms with Crippen molar-refractivity contribution in [1.82, 2.24) is 0 Å². The van der Waals surface area contributed by atoms with Gasteiger partial charge in [-0.25, -0.2) is 0 Å². The second-order valence-electron chi connectivity index (χ2n) is 5.06. The van der Waals surface area contributed by atoms with Gasteiger partial charge in [0.2, 0.25) is 0 Å². The Labute approximate surface area is 115 Å². The first kappa shape index (κ1) is 13.9. The van der Waals surface area contributed by atoms with Crippen molar-refractivity contribution in [3.63, 3.8) is 0 Å². The predicted molar refractivity (Wildman–Crippen MR) is 77.7 cm³/mol. The number of ether oxygens (including phenoxy) is 1. The first-order chi connectivity index (χ1) is 9.31. The fourth-order valence-electron chi connectivity index (χ4n) is 2.39. The third kappa shape index (κ3) is 3.95. The molecular formula is C17H22O2. The molecule has 0 amide bonds.